The van der Waals surface area contributed by atoms with Crippen molar-refractivity contribution in [2.45, 2.75) is 6.42 Å². The van der Waals surface area contributed by atoms with Crippen LogP contribution in [0, 0.1) is 0 Å². The van der Waals surface area contributed by atoms with Crippen molar-refractivity contribution in [3.05, 3.63) is 12.2 Å². The highest BCUT2D eigenvalue weighted by Crippen LogP contribution is 2.00. The normalized spacial score (nSPS) is 30.1. The summed E-state index contributed by atoms with van der Waals surface area (Å²) in [4.78, 5) is 0. The van der Waals surface area contributed by atoms with Gasteiger partial charge in [0.15, 0.2) is 0 Å². The van der Waals surface area contributed by atoms with Crippen molar-refractivity contribution < 1.29 is 4.21 Å². The van der Waals surface area contributed by atoms with Gasteiger partial charge in [-0.3, -0.25) is 0 Å². The molecule has 0 N–H and O–H groups in total. The summed E-state index contributed by atoms with van der Waals surface area (Å²) in [5.74, 6) is 0.785. The molecule has 0 aromatic rings. The average Bonchev–Trinajstić information content (AvgIpc) is 1.99. The molecule has 0 bridgehead atoms. The lowest BCUT2D eigenvalue weighted by Gasteiger charge is -2.09. The summed E-state index contributed by atoms with van der Waals surface area (Å²) in [5.41, 5.74) is 0. The molecule has 0 amide bonds. The molecule has 0 aliphatic carbocycles. The molecule has 0 fully saturated rings. The summed E-state index contributed by atoms with van der Waals surface area (Å²) in [5, 5.41) is 0. The molecule has 1 rings (SSSR count). The van der Waals surface area contributed by atoms with Gasteiger partial charge >= 0.3 is 0 Å². The zero-order valence-electron chi connectivity index (χ0n) is 5.54. The van der Waals surface area contributed by atoms with Gasteiger partial charge in [-0.15, -0.1) is 0 Å². The molecule has 0 saturated carbocycles. The van der Waals surface area contributed by atoms with Crippen molar-refractivity contribution in [1.82, 2.24) is 4.31 Å². The first kappa shape index (κ1) is 6.96. The van der Waals surface area contributed by atoms with Crippen LogP contribution in [0.25, 0.3) is 0 Å². The predicted molar refractivity (Wildman–Crippen MR) is 39.4 cm³/mol. The highest BCUT2D eigenvalue weighted by Gasteiger charge is 2.06. The fourth-order valence-corrected chi connectivity index (χ4v) is 1.65. The lowest BCUT2D eigenvalue weighted by atomic mass is 10.4. The molecule has 1 aliphatic rings. The number of likely N-dealkylation sites (N-methyl/N-ethyl adjacent to an activating group) is 1. The summed E-state index contributed by atoms with van der Waals surface area (Å²) >= 11 is 0. The molecule has 52 valence electrons. The van der Waals surface area contributed by atoms with Crippen LogP contribution in [0.2, 0.25) is 0 Å². The van der Waals surface area contributed by atoms with Crippen LogP contribution in [-0.4, -0.2) is 27.9 Å². The Morgan fingerprint density at radius 1 is 1.56 bits per heavy atom. The Labute approximate surface area is 58.1 Å². The van der Waals surface area contributed by atoms with E-state index in [-0.39, 0.29) is 0 Å². The summed E-state index contributed by atoms with van der Waals surface area (Å²) in [6, 6.07) is 0. The third kappa shape index (κ3) is 1.91. The van der Waals surface area contributed by atoms with Crippen LogP contribution in [0.3, 0.4) is 0 Å². The third-order valence-electron chi connectivity index (χ3n) is 1.34. The van der Waals surface area contributed by atoms with Gasteiger partial charge in [0.2, 0.25) is 0 Å². The zero-order chi connectivity index (χ0) is 6.69. The second kappa shape index (κ2) is 3.13. The maximum absolute atomic E-state index is 11.0. The Bertz CT molecular complexity index is 144. The fraction of sp³-hybridized carbons (Fsp3) is 0.667. The van der Waals surface area contributed by atoms with Crippen molar-refractivity contribution in [2.75, 3.05) is 19.3 Å². The van der Waals surface area contributed by atoms with Gasteiger partial charge in [-0.05, 0) is 6.42 Å². The molecule has 1 heterocycles. The maximum Gasteiger partial charge on any atom is 0.0946 e. The monoisotopic (exact) mass is 145 g/mol. The fourth-order valence-electron chi connectivity index (χ4n) is 0.749. The second-order valence-electron chi connectivity index (χ2n) is 2.10. The maximum atomic E-state index is 11.0. The van der Waals surface area contributed by atoms with Crippen molar-refractivity contribution in [3.8, 4) is 0 Å². The lowest BCUT2D eigenvalue weighted by molar-refractivity contribution is 0.572. The van der Waals surface area contributed by atoms with Gasteiger partial charge in [0.1, 0.15) is 0 Å². The summed E-state index contributed by atoms with van der Waals surface area (Å²) in [6.45, 7) is 0.826. The SMILES string of the molecule is CN1CC=CCCS1=O. The average molecular weight is 145 g/mol. The van der Waals surface area contributed by atoms with E-state index < -0.39 is 11.0 Å². The highest BCUT2D eigenvalue weighted by molar-refractivity contribution is 7.82. The molecule has 0 radical (unpaired) electrons. The van der Waals surface area contributed by atoms with E-state index in [4.69, 9.17) is 0 Å². The van der Waals surface area contributed by atoms with E-state index in [1.165, 1.54) is 0 Å². The number of hydrogen-bond acceptors (Lipinski definition) is 1. The molecular formula is C6H11NOS. The van der Waals surface area contributed by atoms with E-state index in [1.807, 2.05) is 11.4 Å². The summed E-state index contributed by atoms with van der Waals surface area (Å²) < 4.78 is 12.9. The number of nitrogens with zero attached hydrogens (tertiary/aromatic N) is 1. The predicted octanol–water partition coefficient (Wildman–Crippen LogP) is 0.542. The van der Waals surface area contributed by atoms with E-state index in [0.29, 0.717) is 0 Å². The first-order chi connectivity index (χ1) is 4.30. The van der Waals surface area contributed by atoms with Crippen molar-refractivity contribution in [2.24, 2.45) is 0 Å². The molecule has 9 heavy (non-hydrogen) atoms. The van der Waals surface area contributed by atoms with Crippen LogP contribution in [-0.2, 0) is 11.0 Å². The Morgan fingerprint density at radius 3 is 3.11 bits per heavy atom. The standard InChI is InChI=1S/C6H11NOS/c1-7-5-3-2-4-6-9(7)8/h2-3H,4-6H2,1H3. The number of rotatable bonds is 0. The number of hydrogen-bond donors (Lipinski definition) is 0. The minimum atomic E-state index is -0.731. The van der Waals surface area contributed by atoms with Crippen LogP contribution in [0.5, 0.6) is 0 Å². The van der Waals surface area contributed by atoms with Gasteiger partial charge < -0.3 is 0 Å². The molecule has 3 heteroatoms. The molecular weight excluding hydrogens is 134 g/mol. The first-order valence-corrected chi connectivity index (χ1v) is 4.33. The van der Waals surface area contributed by atoms with E-state index >= 15 is 0 Å². The molecule has 0 aromatic heterocycles. The molecule has 0 spiro atoms. The van der Waals surface area contributed by atoms with Gasteiger partial charge in [-0.25, -0.2) is 8.51 Å². The lowest BCUT2D eigenvalue weighted by Crippen LogP contribution is -2.21. The van der Waals surface area contributed by atoms with E-state index in [2.05, 4.69) is 12.2 Å². The molecule has 1 atom stereocenters. The molecule has 0 aromatic carbocycles. The van der Waals surface area contributed by atoms with Crippen LogP contribution in [0.1, 0.15) is 6.42 Å². The number of allylic oxidation sites excluding steroid dienone is 1. The van der Waals surface area contributed by atoms with E-state index in [9.17, 15) is 4.21 Å². The third-order valence-corrected chi connectivity index (χ3v) is 2.77. The minimum absolute atomic E-state index is 0.731. The van der Waals surface area contributed by atoms with Gasteiger partial charge in [-0.1, -0.05) is 12.2 Å². The Hall–Kier alpha value is -0.150. The topological polar surface area (TPSA) is 20.3 Å². The smallest absolute Gasteiger partial charge is 0.0946 e. The largest absolute Gasteiger partial charge is 0.243 e. The zero-order valence-corrected chi connectivity index (χ0v) is 6.36. The Kier molecular flexibility index (Phi) is 2.42. The van der Waals surface area contributed by atoms with Crippen molar-refractivity contribution in [3.63, 3.8) is 0 Å². The van der Waals surface area contributed by atoms with Crippen LogP contribution >= 0.6 is 0 Å². The van der Waals surface area contributed by atoms with Gasteiger partial charge in [0.05, 0.1) is 11.0 Å². The van der Waals surface area contributed by atoms with Crippen molar-refractivity contribution in [1.29, 1.82) is 0 Å². The van der Waals surface area contributed by atoms with Gasteiger partial charge in [-0.2, -0.15) is 0 Å². The minimum Gasteiger partial charge on any atom is -0.243 e. The molecule has 1 unspecified atom stereocenters. The summed E-state index contributed by atoms with van der Waals surface area (Å²) in [7, 11) is 1.15. The molecule has 1 aliphatic heterocycles. The Morgan fingerprint density at radius 2 is 2.33 bits per heavy atom. The highest BCUT2D eigenvalue weighted by atomic mass is 32.2. The first-order valence-electron chi connectivity index (χ1n) is 3.05. The van der Waals surface area contributed by atoms with Gasteiger partial charge in [0.25, 0.3) is 0 Å². The second-order valence-corrected chi connectivity index (χ2v) is 3.77. The Balaban J connectivity index is 2.52. The molecule has 2 nitrogen and oxygen atoms in total. The summed E-state index contributed by atoms with van der Waals surface area (Å²) in [6.07, 6.45) is 5.10. The van der Waals surface area contributed by atoms with E-state index in [0.717, 1.165) is 18.7 Å². The molecule has 0 saturated heterocycles. The van der Waals surface area contributed by atoms with Crippen LogP contribution in [0.4, 0.5) is 0 Å². The van der Waals surface area contributed by atoms with E-state index in [1.54, 1.807) is 0 Å². The van der Waals surface area contributed by atoms with Gasteiger partial charge in [0, 0.05) is 19.3 Å². The quantitative estimate of drug-likeness (QED) is 0.456. The van der Waals surface area contributed by atoms with Crippen LogP contribution < -0.4 is 0 Å². The van der Waals surface area contributed by atoms with Crippen molar-refractivity contribution >= 4 is 11.0 Å². The van der Waals surface area contributed by atoms with Crippen LogP contribution in [0.15, 0.2) is 12.2 Å².